The number of hydrogen-bond acceptors (Lipinski definition) is 7. The Labute approximate surface area is 171 Å². The number of nitrogens with one attached hydrogen (secondary N) is 2. The third kappa shape index (κ3) is 5.24. The Balaban J connectivity index is 1.31. The summed E-state index contributed by atoms with van der Waals surface area (Å²) in [5.41, 5.74) is 0.896. The molecule has 1 saturated carbocycles. The molecule has 144 valence electrons. The number of nitrogens with zero attached hydrogens (tertiary/aromatic N) is 2. The molecule has 28 heavy (non-hydrogen) atoms. The molecule has 2 N–H and O–H groups in total. The molecule has 1 aromatic heterocycles. The van der Waals surface area contributed by atoms with E-state index in [1.165, 1.54) is 23.1 Å². The third-order valence-corrected chi connectivity index (χ3v) is 6.08. The van der Waals surface area contributed by atoms with Gasteiger partial charge in [-0.3, -0.25) is 4.79 Å². The maximum absolute atomic E-state index is 12.1. The van der Waals surface area contributed by atoms with Crippen molar-refractivity contribution in [2.75, 3.05) is 5.32 Å². The molecule has 8 heteroatoms. The van der Waals surface area contributed by atoms with Gasteiger partial charge in [0, 0.05) is 11.7 Å². The second kappa shape index (κ2) is 8.62. The van der Waals surface area contributed by atoms with E-state index < -0.39 is 0 Å². The summed E-state index contributed by atoms with van der Waals surface area (Å²) in [6, 6.07) is 17.7. The molecule has 0 spiro atoms. The smallest absolute Gasteiger partial charge is 0.233 e. The van der Waals surface area contributed by atoms with Gasteiger partial charge in [0.05, 0.1) is 5.25 Å². The molecule has 0 aliphatic heterocycles. The standard InChI is InChI=1S/C20H20N4O2S2/c1-13(18(25)21-14-7-8-14)27-20-24-23-19(28-20)22-15-9-11-17(12-10-15)26-16-5-3-2-4-6-16/h2-6,9-14H,7-8H2,1H3,(H,21,25)(H,22,23)/t13-/m1/s1. The number of carbonyl (C=O) groups is 1. The number of amides is 1. The van der Waals surface area contributed by atoms with E-state index in [1.807, 2.05) is 61.5 Å². The number of ether oxygens (including phenoxy) is 1. The molecule has 0 saturated heterocycles. The molecule has 2 aromatic carbocycles. The van der Waals surface area contributed by atoms with Crippen molar-refractivity contribution in [1.82, 2.24) is 15.5 Å². The van der Waals surface area contributed by atoms with Crippen LogP contribution < -0.4 is 15.4 Å². The Hall–Kier alpha value is -2.58. The molecule has 1 amide bonds. The lowest BCUT2D eigenvalue weighted by Gasteiger charge is -2.08. The van der Waals surface area contributed by atoms with Crippen LogP contribution in [-0.4, -0.2) is 27.4 Å². The van der Waals surface area contributed by atoms with Crippen molar-refractivity contribution in [3.8, 4) is 11.5 Å². The second-order valence-electron chi connectivity index (χ2n) is 6.48. The van der Waals surface area contributed by atoms with Gasteiger partial charge in [0.1, 0.15) is 11.5 Å². The van der Waals surface area contributed by atoms with Gasteiger partial charge in [0.2, 0.25) is 11.0 Å². The van der Waals surface area contributed by atoms with Crippen molar-refractivity contribution in [1.29, 1.82) is 0 Å². The minimum absolute atomic E-state index is 0.0613. The topological polar surface area (TPSA) is 76.1 Å². The molecular formula is C20H20N4O2S2. The number of carbonyl (C=O) groups excluding carboxylic acids is 1. The monoisotopic (exact) mass is 412 g/mol. The Bertz CT molecular complexity index is 927. The van der Waals surface area contributed by atoms with E-state index in [1.54, 1.807) is 0 Å². The predicted molar refractivity (Wildman–Crippen MR) is 113 cm³/mol. The lowest BCUT2D eigenvalue weighted by molar-refractivity contribution is -0.120. The molecular weight excluding hydrogens is 392 g/mol. The fourth-order valence-corrected chi connectivity index (χ4v) is 4.34. The molecule has 0 bridgehead atoms. The zero-order valence-corrected chi connectivity index (χ0v) is 16.9. The zero-order valence-electron chi connectivity index (χ0n) is 15.3. The Morgan fingerprint density at radius 2 is 1.82 bits per heavy atom. The third-order valence-electron chi connectivity index (χ3n) is 4.06. The quantitative estimate of drug-likeness (QED) is 0.516. The van der Waals surface area contributed by atoms with Crippen LogP contribution in [0.25, 0.3) is 0 Å². The summed E-state index contributed by atoms with van der Waals surface area (Å²) < 4.78 is 6.56. The number of hydrogen-bond donors (Lipinski definition) is 2. The van der Waals surface area contributed by atoms with Gasteiger partial charge in [-0.2, -0.15) is 0 Å². The first-order chi connectivity index (χ1) is 13.7. The van der Waals surface area contributed by atoms with Crippen molar-refractivity contribution in [2.24, 2.45) is 0 Å². The summed E-state index contributed by atoms with van der Waals surface area (Å²) in [5, 5.41) is 15.1. The second-order valence-corrected chi connectivity index (χ2v) is 9.05. The molecule has 0 radical (unpaired) electrons. The average molecular weight is 413 g/mol. The van der Waals surface area contributed by atoms with Crippen molar-refractivity contribution in [3.63, 3.8) is 0 Å². The summed E-state index contributed by atoms with van der Waals surface area (Å²) in [6.45, 7) is 1.89. The van der Waals surface area contributed by atoms with Crippen molar-refractivity contribution in [3.05, 3.63) is 54.6 Å². The van der Waals surface area contributed by atoms with E-state index in [0.717, 1.165) is 34.4 Å². The van der Waals surface area contributed by atoms with E-state index in [4.69, 9.17) is 4.74 Å². The lowest BCUT2D eigenvalue weighted by atomic mass is 10.3. The average Bonchev–Trinajstić information content (AvgIpc) is 3.42. The SMILES string of the molecule is C[C@@H](Sc1nnc(Nc2ccc(Oc3ccccc3)cc2)s1)C(=O)NC1CC1. The van der Waals surface area contributed by atoms with E-state index in [0.29, 0.717) is 11.2 Å². The minimum Gasteiger partial charge on any atom is -0.457 e. The summed E-state index contributed by atoms with van der Waals surface area (Å²) in [4.78, 5) is 12.1. The van der Waals surface area contributed by atoms with Gasteiger partial charge >= 0.3 is 0 Å². The van der Waals surface area contributed by atoms with Crippen molar-refractivity contribution < 1.29 is 9.53 Å². The first-order valence-electron chi connectivity index (χ1n) is 9.06. The van der Waals surface area contributed by atoms with Crippen LogP contribution >= 0.6 is 23.1 Å². The van der Waals surface area contributed by atoms with Crippen LogP contribution in [0.3, 0.4) is 0 Å². The van der Waals surface area contributed by atoms with Crippen LogP contribution in [0.4, 0.5) is 10.8 Å². The van der Waals surface area contributed by atoms with Gasteiger partial charge in [0.15, 0.2) is 4.34 Å². The summed E-state index contributed by atoms with van der Waals surface area (Å²) in [7, 11) is 0. The number of benzene rings is 2. The van der Waals surface area contributed by atoms with E-state index in [2.05, 4.69) is 20.8 Å². The highest BCUT2D eigenvalue weighted by molar-refractivity contribution is 8.02. The van der Waals surface area contributed by atoms with Crippen LogP contribution in [0.15, 0.2) is 58.9 Å². The number of para-hydroxylation sites is 1. The Morgan fingerprint density at radius 1 is 1.11 bits per heavy atom. The van der Waals surface area contributed by atoms with Gasteiger partial charge in [0.25, 0.3) is 0 Å². The van der Waals surface area contributed by atoms with Crippen LogP contribution in [-0.2, 0) is 4.79 Å². The van der Waals surface area contributed by atoms with E-state index >= 15 is 0 Å². The lowest BCUT2D eigenvalue weighted by Crippen LogP contribution is -2.32. The van der Waals surface area contributed by atoms with Gasteiger partial charge in [-0.05, 0) is 56.2 Å². The molecule has 3 aromatic rings. The number of anilines is 2. The first kappa shape index (κ1) is 18.8. The minimum atomic E-state index is -0.184. The Kier molecular flexibility index (Phi) is 5.78. The van der Waals surface area contributed by atoms with Crippen LogP contribution in [0.5, 0.6) is 11.5 Å². The highest BCUT2D eigenvalue weighted by Crippen LogP contribution is 2.31. The normalized spacial score (nSPS) is 14.3. The fourth-order valence-electron chi connectivity index (χ4n) is 2.41. The number of aromatic nitrogens is 2. The van der Waals surface area contributed by atoms with Gasteiger partial charge in [-0.25, -0.2) is 0 Å². The molecule has 1 aliphatic carbocycles. The van der Waals surface area contributed by atoms with Crippen LogP contribution in [0.2, 0.25) is 0 Å². The predicted octanol–water partition coefficient (Wildman–Crippen LogP) is 4.83. The van der Waals surface area contributed by atoms with Gasteiger partial charge in [-0.1, -0.05) is 41.3 Å². The molecule has 1 fully saturated rings. The summed E-state index contributed by atoms with van der Waals surface area (Å²) in [6.07, 6.45) is 2.18. The first-order valence-corrected chi connectivity index (χ1v) is 10.8. The Morgan fingerprint density at radius 3 is 2.54 bits per heavy atom. The van der Waals surface area contributed by atoms with Gasteiger partial charge < -0.3 is 15.4 Å². The maximum Gasteiger partial charge on any atom is 0.233 e. The highest BCUT2D eigenvalue weighted by atomic mass is 32.2. The molecule has 1 atom stereocenters. The molecule has 1 aliphatic rings. The molecule has 6 nitrogen and oxygen atoms in total. The van der Waals surface area contributed by atoms with Gasteiger partial charge in [-0.15, -0.1) is 10.2 Å². The molecule has 1 heterocycles. The van der Waals surface area contributed by atoms with E-state index in [-0.39, 0.29) is 11.2 Å². The number of thioether (sulfide) groups is 1. The largest absolute Gasteiger partial charge is 0.457 e. The van der Waals surface area contributed by atoms with E-state index in [9.17, 15) is 4.79 Å². The van der Waals surface area contributed by atoms with Crippen LogP contribution in [0.1, 0.15) is 19.8 Å². The molecule has 0 unspecified atom stereocenters. The highest BCUT2D eigenvalue weighted by Gasteiger charge is 2.26. The zero-order chi connectivity index (χ0) is 19.3. The number of rotatable bonds is 8. The summed E-state index contributed by atoms with van der Waals surface area (Å²) >= 11 is 2.86. The fraction of sp³-hybridized carbons (Fsp3) is 0.250. The molecule has 4 rings (SSSR count). The summed E-state index contributed by atoms with van der Waals surface area (Å²) in [5.74, 6) is 1.63. The van der Waals surface area contributed by atoms with Crippen molar-refractivity contribution >= 4 is 39.8 Å². The van der Waals surface area contributed by atoms with Crippen molar-refractivity contribution in [2.45, 2.75) is 35.4 Å². The maximum atomic E-state index is 12.1. The van der Waals surface area contributed by atoms with Crippen LogP contribution in [0, 0.1) is 0 Å².